The van der Waals surface area contributed by atoms with E-state index < -0.39 is 0 Å². The molecule has 0 spiro atoms. The van der Waals surface area contributed by atoms with Crippen LogP contribution >= 0.6 is 23.2 Å². The molecule has 0 bridgehead atoms. The summed E-state index contributed by atoms with van der Waals surface area (Å²) >= 11 is 12.5. The van der Waals surface area contributed by atoms with E-state index in [4.69, 9.17) is 23.2 Å². The number of hydrogen-bond acceptors (Lipinski definition) is 2. The van der Waals surface area contributed by atoms with Gasteiger partial charge >= 0.3 is 0 Å². The predicted octanol–water partition coefficient (Wildman–Crippen LogP) is 4.35. The van der Waals surface area contributed by atoms with Gasteiger partial charge in [0.1, 0.15) is 0 Å². The van der Waals surface area contributed by atoms with E-state index in [-0.39, 0.29) is 5.54 Å². The van der Waals surface area contributed by atoms with Gasteiger partial charge in [0.05, 0.1) is 15.7 Å². The second-order valence-corrected chi connectivity index (χ2v) is 6.34. The fourth-order valence-electron chi connectivity index (χ4n) is 2.63. The molecule has 0 radical (unpaired) electrons. The van der Waals surface area contributed by atoms with Gasteiger partial charge in [-0.15, -0.1) is 0 Å². The number of benzene rings is 1. The third-order valence-electron chi connectivity index (χ3n) is 4.22. The number of piperazine rings is 1. The minimum Gasteiger partial charge on any atom is -0.364 e. The van der Waals surface area contributed by atoms with Gasteiger partial charge in [-0.05, 0) is 31.9 Å². The zero-order valence-electron chi connectivity index (χ0n) is 11.8. The summed E-state index contributed by atoms with van der Waals surface area (Å²) in [5.41, 5.74) is 1.19. The van der Waals surface area contributed by atoms with Crippen molar-refractivity contribution in [2.75, 3.05) is 18.0 Å². The minimum absolute atomic E-state index is 0.136. The van der Waals surface area contributed by atoms with Crippen LogP contribution in [0.25, 0.3) is 0 Å². The minimum atomic E-state index is 0.136. The molecule has 0 aromatic heterocycles. The van der Waals surface area contributed by atoms with Crippen molar-refractivity contribution in [2.24, 2.45) is 0 Å². The second-order valence-electron chi connectivity index (χ2n) is 5.56. The first-order valence-corrected chi connectivity index (χ1v) is 7.72. The molecule has 1 aromatic carbocycles. The maximum atomic E-state index is 6.39. The summed E-state index contributed by atoms with van der Waals surface area (Å²) in [6.07, 6.45) is 2.19. The largest absolute Gasteiger partial charge is 0.364 e. The number of rotatable bonds is 3. The molecule has 2 unspecified atom stereocenters. The first-order valence-electron chi connectivity index (χ1n) is 6.96. The van der Waals surface area contributed by atoms with Gasteiger partial charge in [-0.2, -0.15) is 0 Å². The van der Waals surface area contributed by atoms with Crippen LogP contribution < -0.4 is 10.2 Å². The Labute approximate surface area is 126 Å². The number of nitrogens with zero attached hydrogens (tertiary/aromatic N) is 1. The van der Waals surface area contributed by atoms with E-state index in [1.807, 2.05) is 12.1 Å². The second kappa shape index (κ2) is 5.90. The molecule has 106 valence electrons. The standard InChI is InChI=1S/C15H22Cl2N2/c1-4-11-9-18-15(3,5-2)10-19(11)13-8-6-7-12(16)14(13)17/h6-8,11,18H,4-5,9-10H2,1-3H3. The lowest BCUT2D eigenvalue weighted by molar-refractivity contribution is 0.276. The maximum Gasteiger partial charge on any atom is 0.0825 e. The molecule has 2 atom stereocenters. The fraction of sp³-hybridized carbons (Fsp3) is 0.600. The third kappa shape index (κ3) is 3.01. The van der Waals surface area contributed by atoms with Crippen molar-refractivity contribution in [1.82, 2.24) is 5.32 Å². The number of anilines is 1. The van der Waals surface area contributed by atoms with Gasteiger partial charge in [0.2, 0.25) is 0 Å². The molecule has 2 nitrogen and oxygen atoms in total. The monoisotopic (exact) mass is 300 g/mol. The summed E-state index contributed by atoms with van der Waals surface area (Å²) in [5, 5.41) is 4.96. The number of halogens is 2. The molecule has 1 saturated heterocycles. The summed E-state index contributed by atoms with van der Waals surface area (Å²) < 4.78 is 0. The van der Waals surface area contributed by atoms with Gasteiger partial charge in [0.25, 0.3) is 0 Å². The first kappa shape index (κ1) is 15.0. The van der Waals surface area contributed by atoms with E-state index in [0.29, 0.717) is 16.1 Å². The van der Waals surface area contributed by atoms with Crippen molar-refractivity contribution in [3.63, 3.8) is 0 Å². The molecule has 1 aromatic rings. The van der Waals surface area contributed by atoms with E-state index >= 15 is 0 Å². The van der Waals surface area contributed by atoms with Crippen LogP contribution in [0.15, 0.2) is 18.2 Å². The average molecular weight is 301 g/mol. The Morgan fingerprint density at radius 2 is 2.11 bits per heavy atom. The van der Waals surface area contributed by atoms with E-state index in [9.17, 15) is 0 Å². The van der Waals surface area contributed by atoms with E-state index in [1.165, 1.54) is 0 Å². The van der Waals surface area contributed by atoms with Crippen molar-refractivity contribution in [3.05, 3.63) is 28.2 Å². The molecule has 0 amide bonds. The van der Waals surface area contributed by atoms with Crippen LogP contribution in [0.1, 0.15) is 33.6 Å². The smallest absolute Gasteiger partial charge is 0.0825 e. The Hall–Kier alpha value is -0.440. The maximum absolute atomic E-state index is 6.39. The number of hydrogen-bond donors (Lipinski definition) is 1. The zero-order valence-corrected chi connectivity index (χ0v) is 13.4. The SMILES string of the molecule is CCC1CNC(C)(CC)CN1c1cccc(Cl)c1Cl. The van der Waals surface area contributed by atoms with E-state index in [0.717, 1.165) is 31.6 Å². The molecule has 1 fully saturated rings. The molecular weight excluding hydrogens is 279 g/mol. The van der Waals surface area contributed by atoms with Crippen molar-refractivity contribution < 1.29 is 0 Å². The highest BCUT2D eigenvalue weighted by atomic mass is 35.5. The normalized spacial score (nSPS) is 27.6. The summed E-state index contributed by atoms with van der Waals surface area (Å²) in [4.78, 5) is 2.41. The summed E-state index contributed by atoms with van der Waals surface area (Å²) in [6, 6.07) is 6.35. The molecule has 0 saturated carbocycles. The zero-order chi connectivity index (χ0) is 14.0. The predicted molar refractivity (Wildman–Crippen MR) is 84.6 cm³/mol. The van der Waals surface area contributed by atoms with Gasteiger partial charge in [-0.3, -0.25) is 0 Å². The molecule has 4 heteroatoms. The Morgan fingerprint density at radius 1 is 1.37 bits per heavy atom. The van der Waals surface area contributed by atoms with Crippen LogP contribution in [0.5, 0.6) is 0 Å². The molecule has 19 heavy (non-hydrogen) atoms. The Kier molecular flexibility index (Phi) is 4.65. The topological polar surface area (TPSA) is 15.3 Å². The Bertz CT molecular complexity index is 450. The van der Waals surface area contributed by atoms with Crippen molar-refractivity contribution in [2.45, 2.75) is 45.2 Å². The van der Waals surface area contributed by atoms with Crippen LogP contribution in [0.3, 0.4) is 0 Å². The average Bonchev–Trinajstić information content (AvgIpc) is 2.42. The van der Waals surface area contributed by atoms with E-state index in [1.54, 1.807) is 0 Å². The van der Waals surface area contributed by atoms with Crippen molar-refractivity contribution >= 4 is 28.9 Å². The Balaban J connectivity index is 2.35. The van der Waals surface area contributed by atoms with Gasteiger partial charge < -0.3 is 10.2 Å². The highest BCUT2D eigenvalue weighted by Crippen LogP contribution is 2.36. The van der Waals surface area contributed by atoms with Gasteiger partial charge in [-0.25, -0.2) is 0 Å². The van der Waals surface area contributed by atoms with Crippen LogP contribution in [0, 0.1) is 0 Å². The van der Waals surface area contributed by atoms with Gasteiger partial charge in [0, 0.05) is 24.7 Å². The summed E-state index contributed by atoms with van der Waals surface area (Å²) in [6.45, 7) is 8.65. The molecule has 2 rings (SSSR count). The lowest BCUT2D eigenvalue weighted by Crippen LogP contribution is -2.62. The molecular formula is C15H22Cl2N2. The third-order valence-corrected chi connectivity index (χ3v) is 5.03. The lowest BCUT2D eigenvalue weighted by atomic mass is 9.92. The van der Waals surface area contributed by atoms with Gasteiger partial charge in [0.15, 0.2) is 0 Å². The molecule has 0 aliphatic carbocycles. The highest BCUT2D eigenvalue weighted by Gasteiger charge is 2.34. The lowest BCUT2D eigenvalue weighted by Gasteiger charge is -2.47. The number of nitrogens with one attached hydrogen (secondary N) is 1. The highest BCUT2D eigenvalue weighted by molar-refractivity contribution is 6.43. The first-order chi connectivity index (χ1) is 9.00. The summed E-state index contributed by atoms with van der Waals surface area (Å²) in [5.74, 6) is 0. The van der Waals surface area contributed by atoms with Crippen LogP contribution in [0.4, 0.5) is 5.69 Å². The Morgan fingerprint density at radius 3 is 2.74 bits per heavy atom. The van der Waals surface area contributed by atoms with Crippen LogP contribution in [0.2, 0.25) is 10.0 Å². The van der Waals surface area contributed by atoms with Gasteiger partial charge in [-0.1, -0.05) is 43.1 Å². The van der Waals surface area contributed by atoms with Crippen LogP contribution in [-0.2, 0) is 0 Å². The van der Waals surface area contributed by atoms with Crippen molar-refractivity contribution in [1.29, 1.82) is 0 Å². The molecule has 1 heterocycles. The molecule has 1 N–H and O–H groups in total. The van der Waals surface area contributed by atoms with Crippen LogP contribution in [-0.4, -0.2) is 24.7 Å². The van der Waals surface area contributed by atoms with E-state index in [2.05, 4.69) is 37.1 Å². The molecule has 1 aliphatic heterocycles. The quantitative estimate of drug-likeness (QED) is 0.893. The summed E-state index contributed by atoms with van der Waals surface area (Å²) in [7, 11) is 0. The van der Waals surface area contributed by atoms with Crippen molar-refractivity contribution in [3.8, 4) is 0 Å². The fourth-order valence-corrected chi connectivity index (χ4v) is 3.04. The molecule has 1 aliphatic rings.